The summed E-state index contributed by atoms with van der Waals surface area (Å²) in [6, 6.07) is -0.120. The van der Waals surface area contributed by atoms with Crippen LogP contribution in [0.3, 0.4) is 0 Å². The highest BCUT2D eigenvalue weighted by atomic mass is 16.5. The molecule has 1 fully saturated rings. The van der Waals surface area contributed by atoms with Crippen molar-refractivity contribution < 1.29 is 14.3 Å². The third kappa shape index (κ3) is 9.74. The fraction of sp³-hybridized carbons (Fsp3) is 0.667. The van der Waals surface area contributed by atoms with Gasteiger partial charge in [-0.1, -0.05) is 46.6 Å². The summed E-state index contributed by atoms with van der Waals surface area (Å²) in [5.41, 5.74) is 4.58. The van der Waals surface area contributed by atoms with E-state index in [-0.39, 0.29) is 11.8 Å². The molecule has 34 heavy (non-hydrogen) atoms. The lowest BCUT2D eigenvalue weighted by Gasteiger charge is -2.43. The SMILES string of the molecule is COC(=O)C1(C)C(=O)CCN(C)C1CC/C(C)=C/CC/C=C(\C)CC/C=C(\C)CCC=C(C)C. The van der Waals surface area contributed by atoms with Gasteiger partial charge in [0.15, 0.2) is 5.78 Å². The van der Waals surface area contributed by atoms with Crippen LogP contribution in [0.25, 0.3) is 0 Å². The molecule has 2 atom stereocenters. The Morgan fingerprint density at radius 2 is 1.41 bits per heavy atom. The van der Waals surface area contributed by atoms with Crippen LogP contribution < -0.4 is 0 Å². The maximum atomic E-state index is 12.6. The minimum Gasteiger partial charge on any atom is -0.468 e. The standard InChI is InChI=1S/C30H49NO3/c1-23(2)13-11-16-25(4)18-12-17-24(3)14-9-10-15-26(5)19-20-27-30(6,29(33)34-8)28(32)21-22-31(27)7/h13-15,18,27H,9-12,16-17,19-22H2,1-8H3/b24-14+,25-18+,26-15+. The Kier molecular flexibility index (Phi) is 13.4. The molecule has 0 aliphatic carbocycles. The molecule has 1 rings (SSSR count). The predicted octanol–water partition coefficient (Wildman–Crippen LogP) is 7.36. The van der Waals surface area contributed by atoms with Gasteiger partial charge in [0.25, 0.3) is 0 Å². The first-order chi connectivity index (χ1) is 16.0. The Morgan fingerprint density at radius 1 is 0.912 bits per heavy atom. The maximum absolute atomic E-state index is 12.6. The van der Waals surface area contributed by atoms with Gasteiger partial charge in [-0.2, -0.15) is 0 Å². The van der Waals surface area contributed by atoms with Crippen LogP contribution in [-0.2, 0) is 14.3 Å². The Morgan fingerprint density at radius 3 is 1.94 bits per heavy atom. The zero-order chi connectivity index (χ0) is 25.7. The summed E-state index contributed by atoms with van der Waals surface area (Å²) in [5.74, 6) is -0.406. The highest BCUT2D eigenvalue weighted by Crippen LogP contribution is 2.36. The molecule has 0 saturated carbocycles. The van der Waals surface area contributed by atoms with E-state index in [9.17, 15) is 9.59 Å². The number of allylic oxidation sites excluding steroid dienone is 8. The minimum atomic E-state index is -1.07. The number of Topliss-reactive ketones (excluding diaryl/α,β-unsaturated/α-hetero) is 1. The number of methoxy groups -OCH3 is 1. The van der Waals surface area contributed by atoms with E-state index in [0.29, 0.717) is 13.0 Å². The van der Waals surface area contributed by atoms with Gasteiger partial charge in [0.1, 0.15) is 5.41 Å². The number of likely N-dealkylation sites (tertiary alicyclic amines) is 1. The molecule has 0 spiro atoms. The zero-order valence-electron chi connectivity index (χ0n) is 23.1. The highest BCUT2D eigenvalue weighted by Gasteiger charge is 2.52. The fourth-order valence-corrected chi connectivity index (χ4v) is 4.76. The van der Waals surface area contributed by atoms with Crippen molar-refractivity contribution in [2.75, 3.05) is 20.7 Å². The first-order valence-corrected chi connectivity index (χ1v) is 12.9. The molecular formula is C30H49NO3. The molecule has 1 saturated heterocycles. The number of ether oxygens (including phenoxy) is 1. The Labute approximate surface area is 209 Å². The van der Waals surface area contributed by atoms with Crippen molar-refractivity contribution in [1.29, 1.82) is 0 Å². The number of esters is 1. The quantitative estimate of drug-likeness (QED) is 0.122. The minimum absolute atomic E-state index is 0.00243. The molecule has 1 aliphatic heterocycles. The maximum Gasteiger partial charge on any atom is 0.320 e. The Hall–Kier alpha value is -1.94. The molecular weight excluding hydrogens is 422 g/mol. The molecule has 1 heterocycles. The molecule has 0 N–H and O–H groups in total. The lowest BCUT2D eigenvalue weighted by molar-refractivity contribution is -0.164. The van der Waals surface area contributed by atoms with Gasteiger partial charge < -0.3 is 9.64 Å². The second kappa shape index (κ2) is 15.1. The van der Waals surface area contributed by atoms with Crippen LogP contribution in [0, 0.1) is 5.41 Å². The van der Waals surface area contributed by atoms with Gasteiger partial charge in [-0.25, -0.2) is 0 Å². The third-order valence-corrected chi connectivity index (χ3v) is 7.17. The average molecular weight is 472 g/mol. The van der Waals surface area contributed by atoms with E-state index in [1.165, 1.54) is 29.4 Å². The van der Waals surface area contributed by atoms with E-state index in [1.807, 2.05) is 7.05 Å². The van der Waals surface area contributed by atoms with Crippen LogP contribution in [-0.4, -0.2) is 43.4 Å². The summed E-state index contributed by atoms with van der Waals surface area (Å²) in [6.45, 7) is 13.4. The lowest BCUT2D eigenvalue weighted by atomic mass is 9.71. The molecule has 0 amide bonds. The molecule has 4 heteroatoms. The van der Waals surface area contributed by atoms with E-state index in [1.54, 1.807) is 6.92 Å². The van der Waals surface area contributed by atoms with E-state index >= 15 is 0 Å². The first-order valence-electron chi connectivity index (χ1n) is 12.9. The predicted molar refractivity (Wildman–Crippen MR) is 144 cm³/mol. The molecule has 0 aromatic carbocycles. The fourth-order valence-electron chi connectivity index (χ4n) is 4.76. The number of carbonyl (C=O) groups is 2. The van der Waals surface area contributed by atoms with E-state index in [0.717, 1.165) is 51.4 Å². The third-order valence-electron chi connectivity index (χ3n) is 7.17. The van der Waals surface area contributed by atoms with Crippen molar-refractivity contribution in [2.45, 2.75) is 105 Å². The first kappa shape index (κ1) is 30.1. The van der Waals surface area contributed by atoms with Gasteiger partial charge in [-0.15, -0.1) is 0 Å². The van der Waals surface area contributed by atoms with Crippen molar-refractivity contribution in [3.05, 3.63) is 46.6 Å². The number of hydrogen-bond donors (Lipinski definition) is 0. The Balaban J connectivity index is 2.48. The molecule has 2 unspecified atom stereocenters. The normalized spacial score (nSPS) is 22.6. The number of piperidine rings is 1. The summed E-state index contributed by atoms with van der Waals surface area (Å²) in [6.07, 6.45) is 18.0. The van der Waals surface area contributed by atoms with Crippen LogP contribution >= 0.6 is 0 Å². The van der Waals surface area contributed by atoms with Gasteiger partial charge in [0.05, 0.1) is 7.11 Å². The van der Waals surface area contributed by atoms with Crippen molar-refractivity contribution in [3.8, 4) is 0 Å². The van der Waals surface area contributed by atoms with Crippen LogP contribution in [0.2, 0.25) is 0 Å². The van der Waals surface area contributed by atoms with E-state index in [2.05, 4.69) is 63.8 Å². The summed E-state index contributed by atoms with van der Waals surface area (Å²) < 4.78 is 5.00. The molecule has 0 aromatic heterocycles. The zero-order valence-corrected chi connectivity index (χ0v) is 23.1. The van der Waals surface area contributed by atoms with Crippen molar-refractivity contribution in [1.82, 2.24) is 4.90 Å². The summed E-state index contributed by atoms with van der Waals surface area (Å²) in [7, 11) is 3.38. The summed E-state index contributed by atoms with van der Waals surface area (Å²) in [5, 5.41) is 0. The second-order valence-corrected chi connectivity index (χ2v) is 10.5. The van der Waals surface area contributed by atoms with Crippen LogP contribution in [0.15, 0.2) is 46.6 Å². The van der Waals surface area contributed by atoms with Gasteiger partial charge in [-0.05, 0) is 100.0 Å². The molecule has 0 bridgehead atoms. The number of hydrogen-bond acceptors (Lipinski definition) is 4. The lowest BCUT2D eigenvalue weighted by Crippen LogP contribution is -2.58. The van der Waals surface area contributed by atoms with Crippen LogP contribution in [0.1, 0.15) is 99.3 Å². The van der Waals surface area contributed by atoms with Crippen molar-refractivity contribution in [2.24, 2.45) is 5.41 Å². The van der Waals surface area contributed by atoms with E-state index in [4.69, 9.17) is 4.74 Å². The van der Waals surface area contributed by atoms with E-state index < -0.39 is 11.4 Å². The molecule has 0 radical (unpaired) electrons. The number of nitrogens with zero attached hydrogens (tertiary/aromatic N) is 1. The van der Waals surface area contributed by atoms with Gasteiger partial charge in [0.2, 0.25) is 0 Å². The summed E-state index contributed by atoms with van der Waals surface area (Å²) >= 11 is 0. The summed E-state index contributed by atoms with van der Waals surface area (Å²) in [4.78, 5) is 27.2. The molecule has 0 aromatic rings. The Bertz CT molecular complexity index is 788. The molecule has 4 nitrogen and oxygen atoms in total. The molecule has 1 aliphatic rings. The molecule has 192 valence electrons. The van der Waals surface area contributed by atoms with Gasteiger partial charge in [-0.3, -0.25) is 9.59 Å². The van der Waals surface area contributed by atoms with Crippen molar-refractivity contribution >= 4 is 11.8 Å². The van der Waals surface area contributed by atoms with Crippen LogP contribution in [0.4, 0.5) is 0 Å². The number of ketones is 1. The largest absolute Gasteiger partial charge is 0.468 e. The topological polar surface area (TPSA) is 46.6 Å². The second-order valence-electron chi connectivity index (χ2n) is 10.5. The van der Waals surface area contributed by atoms with Crippen molar-refractivity contribution in [3.63, 3.8) is 0 Å². The number of carbonyl (C=O) groups excluding carboxylic acids is 2. The monoisotopic (exact) mass is 471 g/mol. The smallest absolute Gasteiger partial charge is 0.320 e. The number of rotatable bonds is 13. The number of unbranched alkanes of at least 4 members (excludes halogenated alkanes) is 1. The highest BCUT2D eigenvalue weighted by molar-refractivity contribution is 6.04. The van der Waals surface area contributed by atoms with Crippen LogP contribution in [0.5, 0.6) is 0 Å². The van der Waals surface area contributed by atoms with Gasteiger partial charge in [0, 0.05) is 19.0 Å². The van der Waals surface area contributed by atoms with Gasteiger partial charge >= 0.3 is 5.97 Å². The average Bonchev–Trinajstić information content (AvgIpc) is 2.78.